The maximum absolute atomic E-state index is 11.3. The van der Waals surface area contributed by atoms with Crippen LogP contribution in [0, 0.1) is 6.92 Å². The summed E-state index contributed by atoms with van der Waals surface area (Å²) in [5, 5.41) is 0. The zero-order chi connectivity index (χ0) is 11.0. The predicted octanol–water partition coefficient (Wildman–Crippen LogP) is 2.34. The Bertz CT molecular complexity index is 484. The molecule has 3 nitrogen and oxygen atoms in total. The smallest absolute Gasteiger partial charge is 0.346 e. The molecule has 1 aromatic rings. The summed E-state index contributed by atoms with van der Waals surface area (Å²) in [6.45, 7) is 3.79. The summed E-state index contributed by atoms with van der Waals surface area (Å²) >= 11 is 0. The van der Waals surface area contributed by atoms with Crippen LogP contribution in [-0.2, 0) is 4.74 Å². The summed E-state index contributed by atoms with van der Waals surface area (Å²) in [6, 6.07) is 3.38. The molecule has 0 atom stereocenters. The van der Waals surface area contributed by atoms with Crippen molar-refractivity contribution in [3.63, 3.8) is 0 Å². The highest BCUT2D eigenvalue weighted by molar-refractivity contribution is 6.15. The van der Waals surface area contributed by atoms with Crippen LogP contribution in [0.25, 0.3) is 6.08 Å². The number of allylic oxidation sites excluding steroid dienone is 1. The number of fused-ring (bicyclic) bond motifs is 1. The largest absolute Gasteiger partial charge is 0.386 e. The van der Waals surface area contributed by atoms with E-state index >= 15 is 0 Å². The maximum Gasteiger partial charge on any atom is 0.346 e. The second kappa shape index (κ2) is 3.35. The van der Waals surface area contributed by atoms with Crippen molar-refractivity contribution in [2.24, 2.45) is 0 Å². The third kappa shape index (κ3) is 1.46. The minimum Gasteiger partial charge on any atom is -0.386 e. The van der Waals surface area contributed by atoms with Gasteiger partial charge < -0.3 is 4.74 Å². The Balaban J connectivity index is 2.64. The molecule has 0 spiro atoms. The van der Waals surface area contributed by atoms with Crippen LogP contribution >= 0.6 is 0 Å². The van der Waals surface area contributed by atoms with Crippen LogP contribution in [-0.4, -0.2) is 11.9 Å². The molecule has 0 N–H and O–H groups in total. The number of carbonyl (C=O) groups excluding carboxylic acids is 2. The Morgan fingerprint density at radius 3 is 2.33 bits per heavy atom. The van der Waals surface area contributed by atoms with E-state index in [1.165, 1.54) is 0 Å². The standard InChI is InChI=1S/C12H10O3/c1-3-4-8-6-10-9(5-7(8)2)11(13)15-12(10)14/h3-6H,1-2H3/b4-3-. The van der Waals surface area contributed by atoms with Gasteiger partial charge in [0.1, 0.15) is 0 Å². The molecule has 0 aromatic heterocycles. The van der Waals surface area contributed by atoms with Gasteiger partial charge in [-0.25, -0.2) is 9.59 Å². The van der Waals surface area contributed by atoms with Crippen molar-refractivity contribution in [3.8, 4) is 0 Å². The summed E-state index contributed by atoms with van der Waals surface area (Å²) in [5.74, 6) is -1.11. The average molecular weight is 202 g/mol. The van der Waals surface area contributed by atoms with Crippen molar-refractivity contribution in [1.82, 2.24) is 0 Å². The molecular weight excluding hydrogens is 192 g/mol. The van der Waals surface area contributed by atoms with Crippen molar-refractivity contribution in [1.29, 1.82) is 0 Å². The summed E-state index contributed by atoms with van der Waals surface area (Å²) in [6.07, 6.45) is 3.78. The molecule has 1 heterocycles. The van der Waals surface area contributed by atoms with Crippen molar-refractivity contribution >= 4 is 18.0 Å². The van der Waals surface area contributed by atoms with Crippen molar-refractivity contribution < 1.29 is 14.3 Å². The first kappa shape index (κ1) is 9.65. The topological polar surface area (TPSA) is 43.4 Å². The quantitative estimate of drug-likeness (QED) is 0.518. The van der Waals surface area contributed by atoms with Gasteiger partial charge in [-0.15, -0.1) is 0 Å². The van der Waals surface area contributed by atoms with E-state index in [0.29, 0.717) is 11.1 Å². The lowest BCUT2D eigenvalue weighted by Gasteiger charge is -2.01. The van der Waals surface area contributed by atoms with E-state index in [-0.39, 0.29) is 0 Å². The average Bonchev–Trinajstić information content (AvgIpc) is 2.44. The molecule has 0 bridgehead atoms. The minimum absolute atomic E-state index is 0.360. The molecule has 0 aliphatic carbocycles. The Morgan fingerprint density at radius 2 is 1.73 bits per heavy atom. The fourth-order valence-electron chi connectivity index (χ4n) is 1.62. The van der Waals surface area contributed by atoms with Gasteiger partial charge in [0.15, 0.2) is 0 Å². The van der Waals surface area contributed by atoms with Gasteiger partial charge >= 0.3 is 11.9 Å². The number of hydrogen-bond donors (Lipinski definition) is 0. The van der Waals surface area contributed by atoms with Gasteiger partial charge in [0.2, 0.25) is 0 Å². The molecule has 1 aliphatic heterocycles. The number of hydrogen-bond acceptors (Lipinski definition) is 3. The number of ether oxygens (including phenoxy) is 1. The number of benzene rings is 1. The molecule has 1 aromatic carbocycles. The van der Waals surface area contributed by atoms with Gasteiger partial charge in [0.05, 0.1) is 11.1 Å². The number of aryl methyl sites for hydroxylation is 1. The zero-order valence-electron chi connectivity index (χ0n) is 8.53. The Morgan fingerprint density at radius 1 is 1.13 bits per heavy atom. The molecule has 76 valence electrons. The SMILES string of the molecule is C/C=C\c1cc2c(cc1C)C(=O)OC2=O. The monoisotopic (exact) mass is 202 g/mol. The van der Waals surface area contributed by atoms with Crippen LogP contribution in [0.1, 0.15) is 38.8 Å². The van der Waals surface area contributed by atoms with Crippen molar-refractivity contribution in [2.75, 3.05) is 0 Å². The number of rotatable bonds is 1. The van der Waals surface area contributed by atoms with Crippen LogP contribution in [0.2, 0.25) is 0 Å². The lowest BCUT2D eigenvalue weighted by molar-refractivity contribution is 0.0444. The normalized spacial score (nSPS) is 14.5. The molecule has 1 aliphatic rings. The van der Waals surface area contributed by atoms with Crippen LogP contribution in [0.5, 0.6) is 0 Å². The molecule has 2 rings (SSSR count). The van der Waals surface area contributed by atoms with E-state index < -0.39 is 11.9 Å². The van der Waals surface area contributed by atoms with E-state index in [1.807, 2.05) is 26.0 Å². The first-order valence-corrected chi connectivity index (χ1v) is 4.67. The fraction of sp³-hybridized carbons (Fsp3) is 0.167. The third-order valence-corrected chi connectivity index (χ3v) is 2.38. The lowest BCUT2D eigenvalue weighted by Crippen LogP contribution is -1.96. The molecule has 0 saturated carbocycles. The van der Waals surface area contributed by atoms with Crippen molar-refractivity contribution in [3.05, 3.63) is 40.5 Å². The lowest BCUT2D eigenvalue weighted by atomic mass is 10.0. The summed E-state index contributed by atoms with van der Waals surface area (Å²) in [5.41, 5.74) is 2.62. The van der Waals surface area contributed by atoms with E-state index in [9.17, 15) is 9.59 Å². The Kier molecular flexibility index (Phi) is 2.15. The number of esters is 2. The first-order chi connectivity index (χ1) is 7.13. The van der Waals surface area contributed by atoms with Gasteiger partial charge in [0.25, 0.3) is 0 Å². The second-order valence-corrected chi connectivity index (χ2v) is 3.43. The second-order valence-electron chi connectivity index (χ2n) is 3.43. The van der Waals surface area contributed by atoms with Crippen LogP contribution in [0.15, 0.2) is 18.2 Å². The summed E-state index contributed by atoms with van der Waals surface area (Å²) in [7, 11) is 0. The number of carbonyl (C=O) groups is 2. The van der Waals surface area contributed by atoms with Gasteiger partial charge in [-0.3, -0.25) is 0 Å². The fourth-order valence-corrected chi connectivity index (χ4v) is 1.62. The minimum atomic E-state index is -0.555. The van der Waals surface area contributed by atoms with Crippen LogP contribution in [0.3, 0.4) is 0 Å². The highest BCUT2D eigenvalue weighted by Crippen LogP contribution is 2.24. The summed E-state index contributed by atoms with van der Waals surface area (Å²) in [4.78, 5) is 22.5. The molecule has 15 heavy (non-hydrogen) atoms. The van der Waals surface area contributed by atoms with E-state index in [2.05, 4.69) is 4.74 Å². The number of cyclic esters (lactones) is 2. The molecular formula is C12H10O3. The highest BCUT2D eigenvalue weighted by atomic mass is 16.6. The molecule has 0 saturated heterocycles. The predicted molar refractivity (Wildman–Crippen MR) is 55.6 cm³/mol. The highest BCUT2D eigenvalue weighted by Gasteiger charge is 2.30. The van der Waals surface area contributed by atoms with Crippen LogP contribution < -0.4 is 0 Å². The Labute approximate surface area is 87.4 Å². The van der Waals surface area contributed by atoms with Gasteiger partial charge in [-0.05, 0) is 37.1 Å². The van der Waals surface area contributed by atoms with Gasteiger partial charge in [-0.1, -0.05) is 12.2 Å². The maximum atomic E-state index is 11.3. The molecule has 0 unspecified atom stereocenters. The van der Waals surface area contributed by atoms with Crippen LogP contribution in [0.4, 0.5) is 0 Å². The molecule has 0 fully saturated rings. The summed E-state index contributed by atoms with van der Waals surface area (Å²) < 4.78 is 4.52. The third-order valence-electron chi connectivity index (χ3n) is 2.38. The van der Waals surface area contributed by atoms with Crippen molar-refractivity contribution in [2.45, 2.75) is 13.8 Å². The zero-order valence-corrected chi connectivity index (χ0v) is 8.53. The Hall–Kier alpha value is -1.90. The van der Waals surface area contributed by atoms with Gasteiger partial charge in [0, 0.05) is 0 Å². The van der Waals surface area contributed by atoms with Gasteiger partial charge in [-0.2, -0.15) is 0 Å². The molecule has 3 heteroatoms. The van der Waals surface area contributed by atoms with E-state index in [0.717, 1.165) is 11.1 Å². The van der Waals surface area contributed by atoms with E-state index in [1.54, 1.807) is 12.1 Å². The molecule has 0 radical (unpaired) electrons. The molecule has 0 amide bonds. The van der Waals surface area contributed by atoms with E-state index in [4.69, 9.17) is 0 Å². The first-order valence-electron chi connectivity index (χ1n) is 4.67.